The maximum Gasteiger partial charge on any atom is 0.242 e. The Morgan fingerprint density at radius 3 is 2.48 bits per heavy atom. The molecular weight excluding hydrogens is 292 g/mol. The molecule has 0 atom stereocenters. The van der Waals surface area contributed by atoms with Crippen molar-refractivity contribution in [1.82, 2.24) is 15.1 Å². The van der Waals surface area contributed by atoms with Gasteiger partial charge in [-0.2, -0.15) is 0 Å². The predicted molar refractivity (Wildman–Crippen MR) is 92.4 cm³/mol. The van der Waals surface area contributed by atoms with Crippen LogP contribution in [0.4, 0.5) is 0 Å². The van der Waals surface area contributed by atoms with Gasteiger partial charge in [-0.15, -0.1) is 0 Å². The van der Waals surface area contributed by atoms with Crippen LogP contribution in [-0.2, 0) is 4.79 Å². The first-order valence-corrected chi connectivity index (χ1v) is 8.76. The average molecular weight is 324 g/mol. The van der Waals surface area contributed by atoms with E-state index in [-0.39, 0.29) is 17.5 Å². The minimum Gasteiger partial charge on any atom is -0.388 e. The lowest BCUT2D eigenvalue weighted by atomic mass is 9.80. The molecule has 0 radical (unpaired) electrons. The average Bonchev–Trinajstić information content (AvgIpc) is 2.38. The van der Waals surface area contributed by atoms with Gasteiger partial charge >= 0.3 is 0 Å². The molecule has 0 bridgehead atoms. The van der Waals surface area contributed by atoms with E-state index in [4.69, 9.17) is 0 Å². The molecule has 2 rings (SSSR count). The molecule has 1 heterocycles. The number of aliphatic hydroxyl groups is 1. The van der Waals surface area contributed by atoms with Crippen molar-refractivity contribution in [2.45, 2.75) is 71.1 Å². The summed E-state index contributed by atoms with van der Waals surface area (Å²) in [4.78, 5) is 21.2. The summed E-state index contributed by atoms with van der Waals surface area (Å²) in [5, 5.41) is 13.5. The number of carbonyl (C=O) groups excluding carboxylic acids is 1. The number of guanidine groups is 1. The second-order valence-corrected chi connectivity index (χ2v) is 7.77. The minimum absolute atomic E-state index is 0.129. The Balaban J connectivity index is 2.13. The molecule has 1 saturated carbocycles. The smallest absolute Gasteiger partial charge is 0.242 e. The lowest BCUT2D eigenvalue weighted by Crippen LogP contribution is -2.66. The number of nitrogens with one attached hydrogen (secondary N) is 1. The summed E-state index contributed by atoms with van der Waals surface area (Å²) in [6.45, 7) is 12.6. The van der Waals surface area contributed by atoms with Gasteiger partial charge in [0.1, 0.15) is 0 Å². The summed E-state index contributed by atoms with van der Waals surface area (Å²) in [5.74, 6) is 0.863. The fourth-order valence-electron chi connectivity index (χ4n) is 3.70. The van der Waals surface area contributed by atoms with E-state index in [0.29, 0.717) is 13.1 Å². The summed E-state index contributed by atoms with van der Waals surface area (Å²) < 4.78 is 0. The summed E-state index contributed by atoms with van der Waals surface area (Å²) in [7, 11) is 0. The molecule has 6 heteroatoms. The Kier molecular flexibility index (Phi) is 5.23. The lowest BCUT2D eigenvalue weighted by molar-refractivity contribution is -0.145. The Hall–Kier alpha value is -1.30. The van der Waals surface area contributed by atoms with Gasteiger partial charge in [0.2, 0.25) is 5.91 Å². The van der Waals surface area contributed by atoms with Crippen LogP contribution in [0.1, 0.15) is 53.9 Å². The third-order valence-electron chi connectivity index (χ3n) is 4.78. The zero-order valence-corrected chi connectivity index (χ0v) is 15.2. The van der Waals surface area contributed by atoms with Gasteiger partial charge in [0, 0.05) is 19.1 Å². The monoisotopic (exact) mass is 324 g/mol. The van der Waals surface area contributed by atoms with E-state index < -0.39 is 5.60 Å². The van der Waals surface area contributed by atoms with Crippen molar-refractivity contribution in [3.05, 3.63) is 0 Å². The molecule has 6 nitrogen and oxygen atoms in total. The van der Waals surface area contributed by atoms with Gasteiger partial charge in [-0.1, -0.05) is 0 Å². The van der Waals surface area contributed by atoms with Crippen LogP contribution >= 0.6 is 0 Å². The molecule has 23 heavy (non-hydrogen) atoms. The first-order chi connectivity index (χ1) is 10.7. The Morgan fingerprint density at radius 2 is 2.04 bits per heavy atom. The van der Waals surface area contributed by atoms with Gasteiger partial charge < -0.3 is 20.2 Å². The summed E-state index contributed by atoms with van der Waals surface area (Å²) in [6, 6.07) is 0.190. The van der Waals surface area contributed by atoms with Crippen molar-refractivity contribution in [3.63, 3.8) is 0 Å². The topological polar surface area (TPSA) is 68.2 Å². The molecule has 0 unspecified atom stereocenters. The van der Waals surface area contributed by atoms with Gasteiger partial charge in [0.25, 0.3) is 0 Å². The highest BCUT2D eigenvalue weighted by atomic mass is 16.3. The largest absolute Gasteiger partial charge is 0.388 e. The summed E-state index contributed by atoms with van der Waals surface area (Å²) in [6.07, 6.45) is 2.71. The van der Waals surface area contributed by atoms with E-state index in [0.717, 1.165) is 38.3 Å². The number of amides is 1. The third-order valence-corrected chi connectivity index (χ3v) is 4.78. The number of piperazine rings is 1. The van der Waals surface area contributed by atoms with Crippen LogP contribution in [0.2, 0.25) is 0 Å². The molecular formula is C17H32N4O2. The SMILES string of the molecule is CCNC(=NCC1(O)CCC1)N1CC(=O)N(C(C)C)C(C)(C)C1. The molecule has 0 aromatic heterocycles. The third kappa shape index (κ3) is 3.97. The number of hydrogen-bond donors (Lipinski definition) is 2. The second kappa shape index (κ2) is 6.67. The number of rotatable bonds is 4. The van der Waals surface area contributed by atoms with Crippen molar-refractivity contribution in [2.24, 2.45) is 4.99 Å². The Bertz CT molecular complexity index is 469. The number of aliphatic imine (C=N–C) groups is 1. The highest BCUT2D eigenvalue weighted by Crippen LogP contribution is 2.32. The molecule has 132 valence electrons. The van der Waals surface area contributed by atoms with Crippen LogP contribution < -0.4 is 5.32 Å². The molecule has 1 aliphatic heterocycles. The van der Waals surface area contributed by atoms with E-state index in [1.165, 1.54) is 0 Å². The van der Waals surface area contributed by atoms with Gasteiger partial charge in [-0.05, 0) is 53.9 Å². The highest BCUT2D eigenvalue weighted by Gasteiger charge is 2.41. The number of nitrogens with zero attached hydrogens (tertiary/aromatic N) is 3. The minimum atomic E-state index is -0.639. The predicted octanol–water partition coefficient (Wildman–Crippen LogP) is 1.20. The quantitative estimate of drug-likeness (QED) is 0.602. The van der Waals surface area contributed by atoms with Crippen molar-refractivity contribution in [3.8, 4) is 0 Å². The fourth-order valence-corrected chi connectivity index (χ4v) is 3.70. The fraction of sp³-hybridized carbons (Fsp3) is 0.882. The van der Waals surface area contributed by atoms with Crippen LogP contribution in [0, 0.1) is 0 Å². The zero-order valence-electron chi connectivity index (χ0n) is 15.2. The molecule has 1 amide bonds. The van der Waals surface area contributed by atoms with Crippen molar-refractivity contribution in [2.75, 3.05) is 26.2 Å². The van der Waals surface area contributed by atoms with Gasteiger partial charge in [0.05, 0.1) is 24.2 Å². The summed E-state index contributed by atoms with van der Waals surface area (Å²) >= 11 is 0. The van der Waals surface area contributed by atoms with E-state index >= 15 is 0 Å². The molecule has 0 aromatic carbocycles. The molecule has 2 fully saturated rings. The van der Waals surface area contributed by atoms with Crippen molar-refractivity contribution in [1.29, 1.82) is 0 Å². The molecule has 1 saturated heterocycles. The zero-order chi connectivity index (χ0) is 17.3. The number of hydrogen-bond acceptors (Lipinski definition) is 3. The van der Waals surface area contributed by atoms with Crippen LogP contribution in [0.3, 0.4) is 0 Å². The molecule has 1 aliphatic carbocycles. The van der Waals surface area contributed by atoms with E-state index in [1.54, 1.807) is 0 Å². The summed E-state index contributed by atoms with van der Waals surface area (Å²) in [5.41, 5.74) is -0.882. The molecule has 2 N–H and O–H groups in total. The van der Waals surface area contributed by atoms with Gasteiger partial charge in [-0.3, -0.25) is 9.79 Å². The van der Waals surface area contributed by atoms with Gasteiger partial charge in [0.15, 0.2) is 5.96 Å². The van der Waals surface area contributed by atoms with E-state index in [1.807, 2.05) is 16.7 Å². The van der Waals surface area contributed by atoms with E-state index in [2.05, 4.69) is 38.0 Å². The Morgan fingerprint density at radius 1 is 1.39 bits per heavy atom. The lowest BCUT2D eigenvalue weighted by Gasteiger charge is -2.49. The normalized spacial score (nSPS) is 24.0. The molecule has 0 aromatic rings. The number of carbonyl (C=O) groups is 1. The van der Waals surface area contributed by atoms with Gasteiger partial charge in [-0.25, -0.2) is 0 Å². The van der Waals surface area contributed by atoms with Crippen LogP contribution in [0.5, 0.6) is 0 Å². The first kappa shape index (κ1) is 18.0. The standard InChI is InChI=1S/C17H32N4O2/c1-6-18-15(19-11-17(23)8-7-9-17)20-10-14(22)21(13(2)3)16(4,5)12-20/h13,23H,6-12H2,1-5H3,(H,18,19). The second-order valence-electron chi connectivity index (χ2n) is 7.77. The Labute approximate surface area is 139 Å². The first-order valence-electron chi connectivity index (χ1n) is 8.76. The molecule has 2 aliphatic rings. The highest BCUT2D eigenvalue weighted by molar-refractivity contribution is 5.88. The maximum atomic E-state index is 12.6. The maximum absolute atomic E-state index is 12.6. The van der Waals surface area contributed by atoms with Crippen LogP contribution in [0.15, 0.2) is 4.99 Å². The van der Waals surface area contributed by atoms with Crippen LogP contribution in [0.25, 0.3) is 0 Å². The van der Waals surface area contributed by atoms with Crippen LogP contribution in [-0.4, -0.2) is 70.1 Å². The van der Waals surface area contributed by atoms with E-state index in [9.17, 15) is 9.90 Å². The van der Waals surface area contributed by atoms with Crippen molar-refractivity contribution < 1.29 is 9.90 Å². The molecule has 0 spiro atoms. The van der Waals surface area contributed by atoms with Crippen molar-refractivity contribution >= 4 is 11.9 Å².